The number of carbonyl (C=O) groups is 1. The lowest BCUT2D eigenvalue weighted by Crippen LogP contribution is -2.51. The van der Waals surface area contributed by atoms with E-state index in [1.54, 1.807) is 6.92 Å². The molecule has 0 saturated heterocycles. The molecule has 1 atom stereocenters. The average Bonchev–Trinajstić information content (AvgIpc) is 2.84. The molecule has 0 aliphatic rings. The summed E-state index contributed by atoms with van der Waals surface area (Å²) in [5, 5.41) is 15.0. The summed E-state index contributed by atoms with van der Waals surface area (Å²) in [5.41, 5.74) is 0.358. The van der Waals surface area contributed by atoms with Gasteiger partial charge in [0, 0.05) is 12.1 Å². The van der Waals surface area contributed by atoms with E-state index in [1.807, 2.05) is 7.05 Å². The molecule has 1 aromatic heterocycles. The fourth-order valence-corrected chi connectivity index (χ4v) is 1.88. The lowest BCUT2D eigenvalue weighted by molar-refractivity contribution is -0.158. The van der Waals surface area contributed by atoms with Gasteiger partial charge in [-0.2, -0.15) is 5.26 Å². The second-order valence-electron chi connectivity index (χ2n) is 5.08. The zero-order valence-corrected chi connectivity index (χ0v) is 12.7. The number of likely N-dealkylation sites (N-methyl/N-ethyl adjacent to an activating group) is 1. The van der Waals surface area contributed by atoms with Crippen LogP contribution in [0.25, 0.3) is 0 Å². The van der Waals surface area contributed by atoms with Gasteiger partial charge in [0.1, 0.15) is 0 Å². The third-order valence-corrected chi connectivity index (χ3v) is 3.97. The van der Waals surface area contributed by atoms with E-state index in [-0.39, 0.29) is 23.1 Å². The molecule has 0 spiro atoms. The van der Waals surface area contributed by atoms with Crippen LogP contribution in [0.4, 0.5) is 0 Å². The molecule has 0 fully saturated rings. The Balaban J connectivity index is 2.73. The van der Waals surface area contributed by atoms with Crippen molar-refractivity contribution in [2.75, 3.05) is 20.1 Å². The summed E-state index contributed by atoms with van der Waals surface area (Å²) in [6.07, 6.45) is 0.903. The monoisotopic (exact) mass is 285 g/mol. The van der Waals surface area contributed by atoms with E-state index in [2.05, 4.69) is 41.0 Å². The Morgan fingerprint density at radius 3 is 2.65 bits per heavy atom. The third-order valence-electron chi connectivity index (χ3n) is 3.97. The Kier molecular flexibility index (Phi) is 5.52. The van der Waals surface area contributed by atoms with Gasteiger partial charge in [-0.25, -0.2) is 0 Å². The van der Waals surface area contributed by atoms with Gasteiger partial charge in [-0.1, -0.05) is 19.0 Å². The molecule has 0 saturated carbocycles. The van der Waals surface area contributed by atoms with Gasteiger partial charge in [-0.05, 0) is 33.9 Å². The summed E-state index contributed by atoms with van der Waals surface area (Å²) < 4.78 is 4.70. The van der Waals surface area contributed by atoms with Crippen LogP contribution in [0.2, 0.25) is 0 Å². The molecule has 0 aromatic carbocycles. The van der Waals surface area contributed by atoms with Crippen LogP contribution in [0.15, 0.2) is 4.52 Å². The minimum Gasteiger partial charge on any atom is -0.349 e. The van der Waals surface area contributed by atoms with Crippen molar-refractivity contribution in [3.8, 4) is 5.95 Å². The zero-order chi connectivity index (χ0) is 15.3. The minimum atomic E-state index is -0.348. The van der Waals surface area contributed by atoms with Gasteiger partial charge in [0.2, 0.25) is 0 Å². The van der Waals surface area contributed by atoms with Gasteiger partial charge in [0.25, 0.3) is 5.91 Å². The second-order valence-corrected chi connectivity index (χ2v) is 5.08. The van der Waals surface area contributed by atoms with Crippen molar-refractivity contribution in [3.05, 3.63) is 11.3 Å². The van der Waals surface area contributed by atoms with E-state index in [9.17, 15) is 4.79 Å². The lowest BCUT2D eigenvalue weighted by Gasteiger charge is -2.37. The smallest absolute Gasteiger partial charge is 0.349 e. The first-order valence-electron chi connectivity index (χ1n) is 6.66. The van der Waals surface area contributed by atoms with E-state index < -0.39 is 0 Å². The van der Waals surface area contributed by atoms with Gasteiger partial charge >= 0.3 is 5.95 Å². The van der Waals surface area contributed by atoms with Crippen molar-refractivity contribution in [2.24, 2.45) is 0 Å². The standard InChI is InChI=1S/C13H23N3O4/c1-6-13(4,16(5)7-2)8-14-11(17)10-9(3)12(20-18)19-15-10/h18H,6-8H2,1-5H3,(H,14,17). The van der Waals surface area contributed by atoms with E-state index in [1.165, 1.54) is 0 Å². The molecule has 7 heteroatoms. The Morgan fingerprint density at radius 2 is 2.20 bits per heavy atom. The Labute approximate surface area is 118 Å². The summed E-state index contributed by atoms with van der Waals surface area (Å²) in [7, 11) is 2.02. The number of hydrogen-bond acceptors (Lipinski definition) is 6. The second kappa shape index (κ2) is 6.71. The van der Waals surface area contributed by atoms with E-state index in [0.29, 0.717) is 12.1 Å². The zero-order valence-electron chi connectivity index (χ0n) is 12.7. The molecule has 20 heavy (non-hydrogen) atoms. The quantitative estimate of drug-likeness (QED) is 0.585. The first-order valence-corrected chi connectivity index (χ1v) is 6.66. The van der Waals surface area contributed by atoms with Crippen LogP contribution in [0.1, 0.15) is 43.2 Å². The molecule has 1 aromatic rings. The van der Waals surface area contributed by atoms with Crippen LogP contribution in [0.5, 0.6) is 5.95 Å². The number of nitrogens with one attached hydrogen (secondary N) is 1. The average molecular weight is 285 g/mol. The van der Waals surface area contributed by atoms with Crippen LogP contribution in [0.3, 0.4) is 0 Å². The normalized spacial score (nSPS) is 14.2. The number of carbonyl (C=O) groups excluding carboxylic acids is 1. The van der Waals surface area contributed by atoms with Crippen molar-refractivity contribution in [1.82, 2.24) is 15.4 Å². The van der Waals surface area contributed by atoms with Gasteiger partial charge < -0.3 is 9.84 Å². The highest BCUT2D eigenvalue weighted by Crippen LogP contribution is 2.21. The van der Waals surface area contributed by atoms with Crippen molar-refractivity contribution < 1.29 is 19.5 Å². The van der Waals surface area contributed by atoms with Crippen LogP contribution < -0.4 is 10.2 Å². The first kappa shape index (κ1) is 16.5. The Bertz CT molecular complexity index is 460. The molecule has 1 unspecified atom stereocenters. The van der Waals surface area contributed by atoms with Gasteiger partial charge in [-0.3, -0.25) is 14.6 Å². The number of amides is 1. The largest absolute Gasteiger partial charge is 0.350 e. The summed E-state index contributed by atoms with van der Waals surface area (Å²) in [4.78, 5) is 18.2. The van der Waals surface area contributed by atoms with Crippen LogP contribution in [0, 0.1) is 6.92 Å². The predicted molar refractivity (Wildman–Crippen MR) is 73.8 cm³/mol. The minimum absolute atomic E-state index is 0.117. The maximum absolute atomic E-state index is 12.1. The first-order chi connectivity index (χ1) is 9.39. The maximum atomic E-state index is 12.1. The highest BCUT2D eigenvalue weighted by molar-refractivity contribution is 5.93. The molecule has 2 N–H and O–H groups in total. The lowest BCUT2D eigenvalue weighted by atomic mass is 9.96. The van der Waals surface area contributed by atoms with E-state index >= 15 is 0 Å². The van der Waals surface area contributed by atoms with Gasteiger partial charge in [-0.15, -0.1) is 0 Å². The highest BCUT2D eigenvalue weighted by Gasteiger charge is 2.28. The van der Waals surface area contributed by atoms with Crippen molar-refractivity contribution in [3.63, 3.8) is 0 Å². The number of aromatic nitrogens is 1. The number of nitrogens with zero attached hydrogens (tertiary/aromatic N) is 2. The molecule has 0 aliphatic heterocycles. The van der Waals surface area contributed by atoms with E-state index in [4.69, 9.17) is 9.78 Å². The van der Waals surface area contributed by atoms with E-state index in [0.717, 1.165) is 13.0 Å². The Morgan fingerprint density at radius 1 is 1.55 bits per heavy atom. The molecule has 0 aliphatic carbocycles. The van der Waals surface area contributed by atoms with Crippen molar-refractivity contribution >= 4 is 5.91 Å². The number of hydrogen-bond donors (Lipinski definition) is 2. The van der Waals surface area contributed by atoms with Gasteiger partial charge in [0.15, 0.2) is 5.69 Å². The molecular weight excluding hydrogens is 262 g/mol. The highest BCUT2D eigenvalue weighted by atomic mass is 17.1. The predicted octanol–water partition coefficient (Wildman–Crippen LogP) is 1.69. The molecule has 0 bridgehead atoms. The third kappa shape index (κ3) is 3.29. The van der Waals surface area contributed by atoms with Crippen molar-refractivity contribution in [2.45, 2.75) is 39.7 Å². The Hall–Kier alpha value is -1.60. The molecule has 1 heterocycles. The SMILES string of the molecule is CCN(C)C(C)(CC)CNC(=O)c1noc(OO)c1C. The fourth-order valence-electron chi connectivity index (χ4n) is 1.88. The molecule has 1 amide bonds. The molecule has 0 radical (unpaired) electrons. The molecule has 7 nitrogen and oxygen atoms in total. The molecule has 114 valence electrons. The topological polar surface area (TPSA) is 87.8 Å². The maximum Gasteiger partial charge on any atom is 0.350 e. The number of rotatable bonds is 7. The fraction of sp³-hybridized carbons (Fsp3) is 0.692. The summed E-state index contributed by atoms with van der Waals surface area (Å²) in [6, 6.07) is 0. The van der Waals surface area contributed by atoms with Gasteiger partial charge in [0.05, 0.1) is 5.56 Å². The summed E-state index contributed by atoms with van der Waals surface area (Å²) in [6.45, 7) is 9.22. The summed E-state index contributed by atoms with van der Waals surface area (Å²) >= 11 is 0. The van der Waals surface area contributed by atoms with Crippen LogP contribution >= 0.6 is 0 Å². The van der Waals surface area contributed by atoms with Crippen LogP contribution in [-0.2, 0) is 0 Å². The summed E-state index contributed by atoms with van der Waals surface area (Å²) in [5.74, 6) is -0.516. The molecule has 1 rings (SSSR count). The van der Waals surface area contributed by atoms with Crippen LogP contribution in [-0.4, -0.2) is 46.9 Å². The molecular formula is C13H23N3O4. The van der Waals surface area contributed by atoms with Crippen molar-refractivity contribution in [1.29, 1.82) is 0 Å².